The average molecular weight is 344 g/mol. The molecule has 6 heteroatoms. The van der Waals surface area contributed by atoms with E-state index >= 15 is 0 Å². The summed E-state index contributed by atoms with van der Waals surface area (Å²) in [4.78, 5) is 25.0. The summed E-state index contributed by atoms with van der Waals surface area (Å²) < 4.78 is 26.2. The summed E-state index contributed by atoms with van der Waals surface area (Å²) in [6.07, 6.45) is 0.832. The van der Waals surface area contributed by atoms with Crippen LogP contribution in [-0.4, -0.2) is 11.8 Å². The van der Waals surface area contributed by atoms with Gasteiger partial charge in [-0.15, -0.1) is 0 Å². The van der Waals surface area contributed by atoms with Gasteiger partial charge in [-0.25, -0.2) is 8.78 Å². The second-order valence-corrected chi connectivity index (χ2v) is 6.50. The van der Waals surface area contributed by atoms with Crippen molar-refractivity contribution in [3.8, 4) is 0 Å². The van der Waals surface area contributed by atoms with Crippen LogP contribution in [0.5, 0.6) is 0 Å². The maximum Gasteiger partial charge on any atom is 0.240 e. The van der Waals surface area contributed by atoms with E-state index in [0.717, 1.165) is 23.3 Å². The molecule has 1 saturated carbocycles. The van der Waals surface area contributed by atoms with Gasteiger partial charge in [0.2, 0.25) is 11.8 Å². The Kier molecular flexibility index (Phi) is 4.29. The van der Waals surface area contributed by atoms with E-state index < -0.39 is 28.9 Å². The highest BCUT2D eigenvalue weighted by Gasteiger charge is 2.56. The van der Waals surface area contributed by atoms with Crippen LogP contribution in [0.2, 0.25) is 0 Å². The molecular formula is C19H18F2N2O2. The third kappa shape index (κ3) is 3.52. The van der Waals surface area contributed by atoms with Crippen molar-refractivity contribution in [1.82, 2.24) is 0 Å². The highest BCUT2D eigenvalue weighted by atomic mass is 19.2. The quantitative estimate of drug-likeness (QED) is 0.826. The van der Waals surface area contributed by atoms with E-state index in [9.17, 15) is 18.4 Å². The predicted molar refractivity (Wildman–Crippen MR) is 91.2 cm³/mol. The monoisotopic (exact) mass is 344 g/mol. The maximum absolute atomic E-state index is 13.3. The van der Waals surface area contributed by atoms with Crippen molar-refractivity contribution >= 4 is 23.2 Å². The number of aryl methyl sites for hydroxylation is 2. The van der Waals surface area contributed by atoms with Crippen molar-refractivity contribution in [3.63, 3.8) is 0 Å². The minimum Gasteiger partial charge on any atom is -0.325 e. The molecule has 0 aliphatic heterocycles. The maximum atomic E-state index is 13.3. The number of benzene rings is 2. The molecule has 4 nitrogen and oxygen atoms in total. The van der Waals surface area contributed by atoms with Crippen molar-refractivity contribution in [3.05, 3.63) is 59.2 Å². The molecule has 0 bridgehead atoms. The van der Waals surface area contributed by atoms with Gasteiger partial charge < -0.3 is 10.6 Å². The number of amides is 2. The van der Waals surface area contributed by atoms with Crippen LogP contribution in [0.4, 0.5) is 20.2 Å². The Bertz CT molecular complexity index is 840. The Balaban J connectivity index is 1.73. The molecule has 0 heterocycles. The third-order valence-electron chi connectivity index (χ3n) is 4.28. The molecule has 0 spiro atoms. The summed E-state index contributed by atoms with van der Waals surface area (Å²) in [6.45, 7) is 3.84. The number of anilines is 2. The first-order valence-electron chi connectivity index (χ1n) is 7.96. The molecule has 0 atom stereocenters. The first-order valence-corrected chi connectivity index (χ1v) is 7.96. The number of hydrogen-bond donors (Lipinski definition) is 2. The lowest BCUT2D eigenvalue weighted by atomic mass is 10.0. The fourth-order valence-electron chi connectivity index (χ4n) is 2.80. The lowest BCUT2D eigenvalue weighted by Crippen LogP contribution is -2.35. The molecule has 1 aliphatic rings. The van der Waals surface area contributed by atoms with Crippen LogP contribution in [0.25, 0.3) is 0 Å². The van der Waals surface area contributed by atoms with Gasteiger partial charge >= 0.3 is 0 Å². The lowest BCUT2D eigenvalue weighted by Gasteiger charge is -2.16. The second-order valence-electron chi connectivity index (χ2n) is 6.50. The molecule has 2 amide bonds. The average Bonchev–Trinajstić information content (AvgIpc) is 3.31. The lowest BCUT2D eigenvalue weighted by molar-refractivity contribution is -0.131. The van der Waals surface area contributed by atoms with Crippen LogP contribution >= 0.6 is 0 Å². The third-order valence-corrected chi connectivity index (χ3v) is 4.28. The number of nitrogens with one attached hydrogen (secondary N) is 2. The zero-order valence-corrected chi connectivity index (χ0v) is 14.0. The molecular weight excluding hydrogens is 326 g/mol. The van der Waals surface area contributed by atoms with Gasteiger partial charge in [0.25, 0.3) is 0 Å². The highest BCUT2D eigenvalue weighted by molar-refractivity contribution is 6.16. The van der Waals surface area contributed by atoms with Crippen LogP contribution in [-0.2, 0) is 9.59 Å². The Morgan fingerprint density at radius 2 is 1.40 bits per heavy atom. The zero-order valence-electron chi connectivity index (χ0n) is 14.0. The number of carbonyl (C=O) groups excluding carboxylic acids is 2. The molecule has 0 saturated heterocycles. The van der Waals surface area contributed by atoms with E-state index in [4.69, 9.17) is 0 Å². The predicted octanol–water partition coefficient (Wildman–Crippen LogP) is 3.94. The highest BCUT2D eigenvalue weighted by Crippen LogP contribution is 2.47. The second kappa shape index (κ2) is 6.27. The molecule has 1 aliphatic carbocycles. The van der Waals surface area contributed by atoms with Crippen molar-refractivity contribution < 1.29 is 18.4 Å². The summed E-state index contributed by atoms with van der Waals surface area (Å²) in [5.74, 6) is -2.95. The molecule has 0 unspecified atom stereocenters. The van der Waals surface area contributed by atoms with Gasteiger partial charge in [-0.05, 0) is 62.1 Å². The van der Waals surface area contributed by atoms with Gasteiger partial charge in [-0.3, -0.25) is 9.59 Å². The standard InChI is InChI=1S/C19H18F2N2O2/c1-11-7-12(2)9-14(8-11)23-18(25)19(5-6-19)17(24)22-13-3-4-15(20)16(21)10-13/h3-4,7-10H,5-6H2,1-2H3,(H,22,24)(H,23,25). The molecule has 0 radical (unpaired) electrons. The van der Waals surface area contributed by atoms with E-state index in [1.807, 2.05) is 32.0 Å². The van der Waals surface area contributed by atoms with Crippen molar-refractivity contribution in [2.24, 2.45) is 5.41 Å². The number of rotatable bonds is 4. The molecule has 2 N–H and O–H groups in total. The SMILES string of the molecule is Cc1cc(C)cc(NC(=O)C2(C(=O)Nc3ccc(F)c(F)c3)CC2)c1. The summed E-state index contributed by atoms with van der Waals surface area (Å²) in [5.41, 5.74) is 1.60. The van der Waals surface area contributed by atoms with Gasteiger partial charge in [-0.1, -0.05) is 6.07 Å². The topological polar surface area (TPSA) is 58.2 Å². The molecule has 3 rings (SSSR count). The molecule has 25 heavy (non-hydrogen) atoms. The Morgan fingerprint density at radius 3 is 1.92 bits per heavy atom. The van der Waals surface area contributed by atoms with Crippen LogP contribution in [0.1, 0.15) is 24.0 Å². The van der Waals surface area contributed by atoms with E-state index in [2.05, 4.69) is 10.6 Å². The fraction of sp³-hybridized carbons (Fsp3) is 0.263. The van der Waals surface area contributed by atoms with Gasteiger partial charge in [0.05, 0.1) is 0 Å². The number of halogens is 2. The largest absolute Gasteiger partial charge is 0.325 e. The van der Waals surface area contributed by atoms with Crippen LogP contribution in [0.15, 0.2) is 36.4 Å². The molecule has 130 valence electrons. The Morgan fingerprint density at radius 1 is 0.840 bits per heavy atom. The fourth-order valence-corrected chi connectivity index (χ4v) is 2.80. The van der Waals surface area contributed by atoms with Gasteiger partial charge in [0.1, 0.15) is 5.41 Å². The molecule has 0 aromatic heterocycles. The van der Waals surface area contributed by atoms with Crippen molar-refractivity contribution in [2.45, 2.75) is 26.7 Å². The summed E-state index contributed by atoms with van der Waals surface area (Å²) in [5, 5.41) is 5.28. The van der Waals surface area contributed by atoms with Crippen molar-refractivity contribution in [1.29, 1.82) is 0 Å². The number of carbonyl (C=O) groups is 2. The molecule has 2 aromatic rings. The Hall–Kier alpha value is -2.76. The van der Waals surface area contributed by atoms with Crippen molar-refractivity contribution in [2.75, 3.05) is 10.6 Å². The number of hydrogen-bond acceptors (Lipinski definition) is 2. The van der Waals surface area contributed by atoms with Gasteiger partial charge in [-0.2, -0.15) is 0 Å². The summed E-state index contributed by atoms with van der Waals surface area (Å²) in [6, 6.07) is 8.72. The van der Waals surface area contributed by atoms with Crippen LogP contribution in [0.3, 0.4) is 0 Å². The van der Waals surface area contributed by atoms with E-state index in [1.54, 1.807) is 0 Å². The first-order chi connectivity index (χ1) is 11.8. The van der Waals surface area contributed by atoms with E-state index in [-0.39, 0.29) is 5.69 Å². The summed E-state index contributed by atoms with van der Waals surface area (Å²) >= 11 is 0. The molecule has 2 aromatic carbocycles. The van der Waals surface area contributed by atoms with Crippen LogP contribution in [0, 0.1) is 30.9 Å². The normalized spacial score (nSPS) is 14.7. The van der Waals surface area contributed by atoms with Gasteiger partial charge in [0, 0.05) is 17.4 Å². The van der Waals surface area contributed by atoms with Crippen LogP contribution < -0.4 is 10.6 Å². The smallest absolute Gasteiger partial charge is 0.240 e. The zero-order chi connectivity index (χ0) is 18.2. The van der Waals surface area contributed by atoms with E-state index in [1.165, 1.54) is 6.07 Å². The first kappa shape index (κ1) is 17.1. The minimum absolute atomic E-state index is 0.120. The minimum atomic E-state index is -1.16. The molecule has 1 fully saturated rings. The van der Waals surface area contributed by atoms with Gasteiger partial charge in [0.15, 0.2) is 11.6 Å². The Labute approximate surface area is 144 Å². The van der Waals surface area contributed by atoms with E-state index in [0.29, 0.717) is 18.5 Å². The summed E-state index contributed by atoms with van der Waals surface area (Å²) in [7, 11) is 0.